The summed E-state index contributed by atoms with van der Waals surface area (Å²) >= 11 is 12.0. The molecule has 3 N–H and O–H groups in total. The van der Waals surface area contributed by atoms with Crippen LogP contribution in [0, 0.1) is 11.8 Å². The fraction of sp³-hybridized carbons (Fsp3) is 0.500. The highest BCUT2D eigenvalue weighted by Gasteiger charge is 2.23. The van der Waals surface area contributed by atoms with Gasteiger partial charge in [-0.2, -0.15) is 0 Å². The fourth-order valence-corrected chi connectivity index (χ4v) is 3.71. The lowest BCUT2D eigenvalue weighted by Gasteiger charge is -2.29. The number of H-pyrrole nitrogens is 1. The van der Waals surface area contributed by atoms with Crippen molar-refractivity contribution in [3.05, 3.63) is 54.6 Å². The van der Waals surface area contributed by atoms with Gasteiger partial charge in [0.1, 0.15) is 11.5 Å². The number of likely N-dealkylation sites (N-methyl/N-ethyl adjacent to an activating group) is 1. The molecule has 0 saturated carbocycles. The van der Waals surface area contributed by atoms with Gasteiger partial charge in [0.15, 0.2) is 0 Å². The number of carbonyl (C=O) groups is 1. The van der Waals surface area contributed by atoms with Gasteiger partial charge >= 0.3 is 5.69 Å². The average molecular weight is 484 g/mol. The monoisotopic (exact) mass is 483 g/mol. The van der Waals surface area contributed by atoms with E-state index in [1.165, 1.54) is 4.57 Å². The van der Waals surface area contributed by atoms with Crippen LogP contribution in [0.25, 0.3) is 0 Å². The van der Waals surface area contributed by atoms with E-state index in [2.05, 4.69) is 4.98 Å². The number of amides is 1. The van der Waals surface area contributed by atoms with E-state index in [1.54, 1.807) is 35.0 Å². The molecule has 0 bridgehead atoms. The highest BCUT2D eigenvalue weighted by Crippen LogP contribution is 2.23. The van der Waals surface area contributed by atoms with Gasteiger partial charge in [-0.25, -0.2) is 4.79 Å². The smallest absolute Gasteiger partial charge is 0.330 e. The molecule has 1 aromatic heterocycles. The quantitative estimate of drug-likeness (QED) is 0.569. The second-order valence-corrected chi connectivity index (χ2v) is 9.58. The minimum absolute atomic E-state index is 0.0630. The fourth-order valence-electron chi connectivity index (χ4n) is 3.39. The maximum absolute atomic E-state index is 13.0. The van der Waals surface area contributed by atoms with Crippen LogP contribution in [0.3, 0.4) is 0 Å². The van der Waals surface area contributed by atoms with Crippen LogP contribution >= 0.6 is 23.2 Å². The molecule has 0 aliphatic rings. The van der Waals surface area contributed by atoms with E-state index in [0.29, 0.717) is 29.7 Å². The Bertz CT molecular complexity index is 1080. The molecule has 2 aromatic rings. The number of rotatable bonds is 9. The Balaban J connectivity index is 2.34. The first-order valence-corrected chi connectivity index (χ1v) is 11.2. The maximum Gasteiger partial charge on any atom is 0.330 e. The van der Waals surface area contributed by atoms with Crippen molar-refractivity contribution in [2.75, 3.05) is 30.8 Å². The van der Waals surface area contributed by atoms with Crippen LogP contribution in [0.2, 0.25) is 10.0 Å². The molecule has 0 atom stereocenters. The van der Waals surface area contributed by atoms with Crippen molar-refractivity contribution in [3.63, 3.8) is 0 Å². The predicted octanol–water partition coefficient (Wildman–Crippen LogP) is 3.20. The summed E-state index contributed by atoms with van der Waals surface area (Å²) in [5, 5.41) is 0.858. The summed E-state index contributed by atoms with van der Waals surface area (Å²) < 4.78 is 1.35. The van der Waals surface area contributed by atoms with Crippen molar-refractivity contribution in [2.24, 2.45) is 11.8 Å². The molecule has 0 radical (unpaired) electrons. The van der Waals surface area contributed by atoms with Crippen LogP contribution in [0.15, 0.2) is 27.8 Å². The van der Waals surface area contributed by atoms with Crippen LogP contribution in [0.5, 0.6) is 0 Å². The Kier molecular flexibility index (Phi) is 8.81. The summed E-state index contributed by atoms with van der Waals surface area (Å²) in [7, 11) is 1.67. The second kappa shape index (κ2) is 10.9. The zero-order valence-corrected chi connectivity index (χ0v) is 20.6. The predicted molar refractivity (Wildman–Crippen MR) is 131 cm³/mol. The minimum atomic E-state index is -0.604. The third-order valence-electron chi connectivity index (χ3n) is 4.82. The molecule has 8 nitrogen and oxygen atoms in total. The zero-order valence-electron chi connectivity index (χ0n) is 19.1. The molecule has 0 aliphatic carbocycles. The first kappa shape index (κ1) is 25.8. The van der Waals surface area contributed by atoms with Crippen molar-refractivity contribution in [3.8, 4) is 0 Å². The molecule has 0 aliphatic heterocycles. The van der Waals surface area contributed by atoms with Crippen LogP contribution in [-0.4, -0.2) is 40.5 Å². The van der Waals surface area contributed by atoms with Gasteiger partial charge in [0, 0.05) is 26.7 Å². The lowest BCUT2D eigenvalue weighted by molar-refractivity contribution is -0.129. The molecule has 32 heavy (non-hydrogen) atoms. The van der Waals surface area contributed by atoms with Crippen LogP contribution in [-0.2, 0) is 17.9 Å². The third kappa shape index (κ3) is 6.53. The van der Waals surface area contributed by atoms with E-state index >= 15 is 0 Å². The summed E-state index contributed by atoms with van der Waals surface area (Å²) in [6.07, 6.45) is 0. The number of anilines is 2. The van der Waals surface area contributed by atoms with Crippen molar-refractivity contribution in [1.82, 2.24) is 14.5 Å². The topological polar surface area (TPSA) is 104 Å². The number of nitrogens with zero attached hydrogens (tertiary/aromatic N) is 3. The maximum atomic E-state index is 13.0. The number of hydrogen-bond acceptors (Lipinski definition) is 5. The number of nitrogens with one attached hydrogen (secondary N) is 1. The van der Waals surface area contributed by atoms with Gasteiger partial charge in [-0.15, -0.1) is 0 Å². The van der Waals surface area contributed by atoms with Gasteiger partial charge in [0.05, 0.1) is 16.6 Å². The Hall–Kier alpha value is -2.45. The molecular formula is C22H31Cl2N5O3. The number of aromatic amines is 1. The number of nitrogen functional groups attached to an aromatic ring is 1. The summed E-state index contributed by atoms with van der Waals surface area (Å²) in [6.45, 7) is 8.88. The van der Waals surface area contributed by atoms with Crippen LogP contribution in [0.1, 0.15) is 33.3 Å². The molecule has 10 heteroatoms. The average Bonchev–Trinajstić information content (AvgIpc) is 2.67. The lowest BCUT2D eigenvalue weighted by Crippen LogP contribution is -2.44. The molecule has 1 aromatic carbocycles. The lowest BCUT2D eigenvalue weighted by atomic mass is 10.2. The summed E-state index contributed by atoms with van der Waals surface area (Å²) in [4.78, 5) is 43.5. The van der Waals surface area contributed by atoms with Crippen LogP contribution < -0.4 is 21.9 Å². The molecule has 0 spiro atoms. The normalized spacial score (nSPS) is 11.3. The van der Waals surface area contributed by atoms with Gasteiger partial charge in [-0.3, -0.25) is 19.1 Å². The van der Waals surface area contributed by atoms with Gasteiger partial charge in [0.25, 0.3) is 5.56 Å². The van der Waals surface area contributed by atoms with Gasteiger partial charge in [-0.1, -0.05) is 57.0 Å². The Morgan fingerprint density at radius 2 is 1.78 bits per heavy atom. The van der Waals surface area contributed by atoms with E-state index in [0.717, 1.165) is 5.56 Å². The van der Waals surface area contributed by atoms with E-state index in [-0.39, 0.29) is 35.8 Å². The highest BCUT2D eigenvalue weighted by atomic mass is 35.5. The number of nitrogens with two attached hydrogens (primary N) is 1. The number of carbonyl (C=O) groups excluding carboxylic acids is 1. The number of halogens is 2. The van der Waals surface area contributed by atoms with E-state index in [9.17, 15) is 14.4 Å². The van der Waals surface area contributed by atoms with E-state index < -0.39 is 11.2 Å². The minimum Gasteiger partial charge on any atom is -0.383 e. The van der Waals surface area contributed by atoms with Crippen molar-refractivity contribution in [2.45, 2.75) is 40.8 Å². The van der Waals surface area contributed by atoms with Gasteiger partial charge in [-0.05, 0) is 29.5 Å². The van der Waals surface area contributed by atoms with Gasteiger partial charge < -0.3 is 15.5 Å². The number of aromatic nitrogens is 2. The van der Waals surface area contributed by atoms with E-state index in [1.807, 2.05) is 27.7 Å². The largest absolute Gasteiger partial charge is 0.383 e. The van der Waals surface area contributed by atoms with Crippen molar-refractivity contribution in [1.29, 1.82) is 0 Å². The first-order valence-electron chi connectivity index (χ1n) is 10.5. The molecule has 1 amide bonds. The zero-order chi connectivity index (χ0) is 24.2. The molecule has 1 heterocycles. The van der Waals surface area contributed by atoms with Crippen LogP contribution in [0.4, 0.5) is 11.5 Å². The molecule has 2 rings (SSSR count). The van der Waals surface area contributed by atoms with Crippen molar-refractivity contribution >= 4 is 40.6 Å². The summed E-state index contributed by atoms with van der Waals surface area (Å²) in [6, 6.07) is 5.19. The summed E-state index contributed by atoms with van der Waals surface area (Å²) in [5.41, 5.74) is 6.07. The molecule has 0 fully saturated rings. The number of benzene rings is 1. The highest BCUT2D eigenvalue weighted by molar-refractivity contribution is 6.42. The number of hydrogen-bond donors (Lipinski definition) is 2. The Morgan fingerprint density at radius 1 is 1.12 bits per heavy atom. The van der Waals surface area contributed by atoms with Crippen molar-refractivity contribution < 1.29 is 4.79 Å². The SMILES string of the molecule is CC(C)CN(CC(=O)N(C)Cc1ccc(Cl)c(Cl)c1)c1c(N)n(CC(C)C)c(=O)[nH]c1=O. The standard InChI is InChI=1S/C22H31Cl2N5O3/c1-13(2)9-28(19-20(25)29(10-14(3)4)22(32)26-21(19)31)12-18(30)27(5)11-15-6-7-16(23)17(24)8-15/h6-8,13-14H,9-12,25H2,1-5H3,(H,26,31,32). The first-order chi connectivity index (χ1) is 14.9. The Labute approximate surface area is 197 Å². The molecule has 0 saturated heterocycles. The van der Waals surface area contributed by atoms with E-state index in [4.69, 9.17) is 28.9 Å². The molecular weight excluding hydrogens is 453 g/mol. The summed E-state index contributed by atoms with van der Waals surface area (Å²) in [5.74, 6) is 0.142. The second-order valence-electron chi connectivity index (χ2n) is 8.77. The van der Waals surface area contributed by atoms with Gasteiger partial charge in [0.2, 0.25) is 5.91 Å². The molecule has 176 valence electrons. The molecule has 0 unspecified atom stereocenters. The Morgan fingerprint density at radius 3 is 2.34 bits per heavy atom. The third-order valence-corrected chi connectivity index (χ3v) is 5.56.